The number of thioether (sulfide) groups is 1. The van der Waals surface area contributed by atoms with Crippen molar-refractivity contribution in [3.63, 3.8) is 0 Å². The Morgan fingerprint density at radius 2 is 2.35 bits per heavy atom. The van der Waals surface area contributed by atoms with Crippen LogP contribution in [0, 0.1) is 0 Å². The van der Waals surface area contributed by atoms with Crippen molar-refractivity contribution in [1.82, 2.24) is 5.32 Å². The first kappa shape index (κ1) is 13.2. The predicted octanol–water partition coefficient (Wildman–Crippen LogP) is 2.81. The highest BCUT2D eigenvalue weighted by Gasteiger charge is 2.19. The zero-order valence-electron chi connectivity index (χ0n) is 10.8. The van der Waals surface area contributed by atoms with E-state index in [4.69, 9.17) is 4.74 Å². The molecule has 3 nitrogen and oxygen atoms in total. The second-order valence-electron chi connectivity index (χ2n) is 4.88. The van der Waals surface area contributed by atoms with Gasteiger partial charge in [0.25, 0.3) is 0 Å². The van der Waals surface area contributed by atoms with Crippen molar-refractivity contribution >= 4 is 16.9 Å². The first-order valence-corrected chi connectivity index (χ1v) is 7.83. The Bertz CT molecular complexity index is 252. The molecule has 0 aromatic heterocycles. The molecule has 2 rings (SSSR count). The van der Waals surface area contributed by atoms with Crippen LogP contribution in [0.3, 0.4) is 0 Å². The van der Waals surface area contributed by atoms with E-state index < -0.39 is 0 Å². The van der Waals surface area contributed by atoms with Gasteiger partial charge in [-0.25, -0.2) is 0 Å². The first-order chi connectivity index (χ1) is 8.38. The monoisotopic (exact) mass is 256 g/mol. The van der Waals surface area contributed by atoms with Crippen LogP contribution in [-0.4, -0.2) is 36.2 Å². The third-order valence-corrected chi connectivity index (χ3v) is 4.56. The van der Waals surface area contributed by atoms with Gasteiger partial charge in [0.05, 0.1) is 12.6 Å². The fraction of sp³-hybridized carbons (Fsp3) is 0.923. The average molecular weight is 256 g/mol. The van der Waals surface area contributed by atoms with Crippen molar-refractivity contribution in [2.24, 2.45) is 4.99 Å². The number of aliphatic imine (C=N–C) groups is 1. The van der Waals surface area contributed by atoms with E-state index in [0.717, 1.165) is 31.3 Å². The summed E-state index contributed by atoms with van der Waals surface area (Å²) in [5, 5.41) is 5.32. The van der Waals surface area contributed by atoms with E-state index >= 15 is 0 Å². The number of ether oxygens (including phenoxy) is 1. The Morgan fingerprint density at radius 3 is 3.12 bits per heavy atom. The zero-order chi connectivity index (χ0) is 11.9. The maximum atomic E-state index is 5.72. The minimum Gasteiger partial charge on any atom is -0.378 e. The molecule has 0 amide bonds. The summed E-state index contributed by atoms with van der Waals surface area (Å²) in [6.07, 6.45) is 7.96. The Hall–Kier alpha value is -0.220. The Kier molecular flexibility index (Phi) is 5.65. The van der Waals surface area contributed by atoms with Crippen LogP contribution in [0.4, 0.5) is 0 Å². The number of hydrogen-bond acceptors (Lipinski definition) is 4. The largest absolute Gasteiger partial charge is 0.378 e. The van der Waals surface area contributed by atoms with Gasteiger partial charge in [-0.3, -0.25) is 4.99 Å². The van der Waals surface area contributed by atoms with Crippen LogP contribution < -0.4 is 5.32 Å². The van der Waals surface area contributed by atoms with Gasteiger partial charge in [0.1, 0.15) is 0 Å². The highest BCUT2D eigenvalue weighted by atomic mass is 32.2. The maximum absolute atomic E-state index is 5.72. The highest BCUT2D eigenvalue weighted by Crippen LogP contribution is 2.23. The molecule has 98 valence electrons. The predicted molar refractivity (Wildman–Crippen MR) is 74.8 cm³/mol. The Labute approximate surface area is 109 Å². The van der Waals surface area contributed by atoms with Gasteiger partial charge in [0.15, 0.2) is 5.17 Å². The fourth-order valence-corrected chi connectivity index (χ4v) is 3.51. The number of nitrogens with one attached hydrogen (secondary N) is 1. The lowest BCUT2D eigenvalue weighted by atomic mass is 10.1. The van der Waals surface area contributed by atoms with Gasteiger partial charge in [-0.2, -0.15) is 0 Å². The van der Waals surface area contributed by atoms with E-state index in [1.807, 2.05) is 11.8 Å². The molecule has 0 radical (unpaired) electrons. The minimum atomic E-state index is 0.481. The van der Waals surface area contributed by atoms with Crippen LogP contribution in [-0.2, 0) is 4.74 Å². The van der Waals surface area contributed by atoms with Crippen LogP contribution in [0.5, 0.6) is 0 Å². The molecule has 0 aliphatic carbocycles. The molecule has 2 atom stereocenters. The van der Waals surface area contributed by atoms with Crippen LogP contribution in [0.25, 0.3) is 0 Å². The number of amidine groups is 1. The van der Waals surface area contributed by atoms with E-state index in [9.17, 15) is 0 Å². The summed E-state index contributed by atoms with van der Waals surface area (Å²) in [4.78, 5) is 4.55. The van der Waals surface area contributed by atoms with Crippen molar-refractivity contribution in [3.8, 4) is 0 Å². The molecule has 2 heterocycles. The lowest BCUT2D eigenvalue weighted by Crippen LogP contribution is -2.27. The van der Waals surface area contributed by atoms with Crippen molar-refractivity contribution in [2.75, 3.05) is 19.7 Å². The van der Waals surface area contributed by atoms with Gasteiger partial charge in [-0.15, -0.1) is 0 Å². The van der Waals surface area contributed by atoms with E-state index in [1.54, 1.807) is 0 Å². The van der Waals surface area contributed by atoms with Gasteiger partial charge in [-0.05, 0) is 32.1 Å². The molecule has 0 aromatic carbocycles. The molecule has 2 aliphatic rings. The second kappa shape index (κ2) is 7.27. The minimum absolute atomic E-state index is 0.481. The normalized spacial score (nSPS) is 29.1. The zero-order valence-corrected chi connectivity index (χ0v) is 11.6. The summed E-state index contributed by atoms with van der Waals surface area (Å²) >= 11 is 1.92. The molecule has 0 aromatic rings. The van der Waals surface area contributed by atoms with Crippen molar-refractivity contribution < 1.29 is 4.74 Å². The lowest BCUT2D eigenvalue weighted by Gasteiger charge is -2.22. The molecular formula is C13H24N2OS. The molecule has 17 heavy (non-hydrogen) atoms. The van der Waals surface area contributed by atoms with E-state index in [1.165, 1.54) is 32.1 Å². The summed E-state index contributed by atoms with van der Waals surface area (Å²) < 4.78 is 5.72. The summed E-state index contributed by atoms with van der Waals surface area (Å²) in [6, 6.07) is 0. The molecule has 0 saturated carbocycles. The Balaban J connectivity index is 1.56. The molecular weight excluding hydrogens is 232 g/mol. The van der Waals surface area contributed by atoms with Crippen molar-refractivity contribution in [1.29, 1.82) is 0 Å². The molecule has 2 unspecified atom stereocenters. The second-order valence-corrected chi connectivity index (χ2v) is 6.17. The van der Waals surface area contributed by atoms with E-state index in [-0.39, 0.29) is 0 Å². The molecule has 1 fully saturated rings. The first-order valence-electron chi connectivity index (χ1n) is 6.95. The van der Waals surface area contributed by atoms with Gasteiger partial charge in [0, 0.05) is 18.4 Å². The van der Waals surface area contributed by atoms with Gasteiger partial charge >= 0.3 is 0 Å². The molecule has 4 heteroatoms. The number of rotatable bonds is 5. The number of nitrogens with zero attached hydrogens (tertiary/aromatic N) is 1. The third kappa shape index (κ3) is 4.51. The molecule has 2 aliphatic heterocycles. The van der Waals surface area contributed by atoms with Gasteiger partial charge < -0.3 is 10.1 Å². The summed E-state index contributed by atoms with van der Waals surface area (Å²) in [7, 11) is 0. The van der Waals surface area contributed by atoms with E-state index in [2.05, 4.69) is 17.2 Å². The van der Waals surface area contributed by atoms with Crippen molar-refractivity contribution in [2.45, 2.75) is 56.8 Å². The van der Waals surface area contributed by atoms with Crippen molar-refractivity contribution in [3.05, 3.63) is 0 Å². The summed E-state index contributed by atoms with van der Waals surface area (Å²) in [5.41, 5.74) is 0. The summed E-state index contributed by atoms with van der Waals surface area (Å²) in [6.45, 7) is 5.21. The lowest BCUT2D eigenvalue weighted by molar-refractivity contribution is 0.0122. The third-order valence-electron chi connectivity index (χ3n) is 3.34. The average Bonchev–Trinajstić information content (AvgIpc) is 2.79. The topological polar surface area (TPSA) is 33.6 Å². The quantitative estimate of drug-likeness (QED) is 0.821. The van der Waals surface area contributed by atoms with Crippen LogP contribution in [0.15, 0.2) is 4.99 Å². The van der Waals surface area contributed by atoms with E-state index in [0.29, 0.717) is 11.4 Å². The van der Waals surface area contributed by atoms with Gasteiger partial charge in [-0.1, -0.05) is 25.1 Å². The molecule has 0 spiro atoms. The highest BCUT2D eigenvalue weighted by molar-refractivity contribution is 8.14. The van der Waals surface area contributed by atoms with Crippen LogP contribution >= 0.6 is 11.8 Å². The summed E-state index contributed by atoms with van der Waals surface area (Å²) in [5.74, 6) is 0. The van der Waals surface area contributed by atoms with Gasteiger partial charge in [0.2, 0.25) is 0 Å². The maximum Gasteiger partial charge on any atom is 0.156 e. The molecule has 1 saturated heterocycles. The fourth-order valence-electron chi connectivity index (χ4n) is 2.36. The smallest absolute Gasteiger partial charge is 0.156 e. The number of hydrogen-bond donors (Lipinski definition) is 1. The molecule has 1 N–H and O–H groups in total. The van der Waals surface area contributed by atoms with Crippen LogP contribution in [0.2, 0.25) is 0 Å². The SMILES string of the molecule is CCCC1CN=C(NCCC2CCCCO2)S1. The Morgan fingerprint density at radius 1 is 1.41 bits per heavy atom. The van der Waals surface area contributed by atoms with Crippen LogP contribution in [0.1, 0.15) is 45.4 Å². The standard InChI is InChI=1S/C13H24N2OS/c1-2-5-12-10-15-13(17-12)14-8-7-11-6-3-4-9-16-11/h11-12H,2-10H2,1H3,(H,14,15). The molecule has 0 bridgehead atoms.